The van der Waals surface area contributed by atoms with Crippen LogP contribution in [0, 0.1) is 5.92 Å². The van der Waals surface area contributed by atoms with Crippen LogP contribution in [-0.4, -0.2) is 36.1 Å². The van der Waals surface area contributed by atoms with Crippen molar-refractivity contribution in [1.82, 2.24) is 10.2 Å². The molecule has 0 amide bonds. The van der Waals surface area contributed by atoms with Crippen molar-refractivity contribution in [2.45, 2.75) is 83.8 Å². The summed E-state index contributed by atoms with van der Waals surface area (Å²) in [5, 5.41) is 3.69. The monoisotopic (exact) mass is 252 g/mol. The fourth-order valence-electron chi connectivity index (χ4n) is 4.14. The molecule has 1 saturated carbocycles. The molecule has 0 aromatic rings. The van der Waals surface area contributed by atoms with Crippen molar-refractivity contribution < 1.29 is 0 Å². The molecular weight excluding hydrogens is 220 g/mol. The van der Waals surface area contributed by atoms with Gasteiger partial charge in [0.1, 0.15) is 0 Å². The molecule has 106 valence electrons. The smallest absolute Gasteiger partial charge is 0.00956 e. The lowest BCUT2D eigenvalue weighted by molar-refractivity contribution is 0.0943. The fraction of sp³-hybridized carbons (Fsp3) is 1.00. The third kappa shape index (κ3) is 3.48. The van der Waals surface area contributed by atoms with E-state index in [2.05, 4.69) is 31.0 Å². The minimum absolute atomic E-state index is 0.811. The lowest BCUT2D eigenvalue weighted by Crippen LogP contribution is -2.45. The van der Waals surface area contributed by atoms with Crippen molar-refractivity contribution in [1.29, 1.82) is 0 Å². The lowest BCUT2D eigenvalue weighted by atomic mass is 9.94. The number of rotatable bonds is 5. The molecule has 1 aliphatic heterocycles. The zero-order chi connectivity index (χ0) is 13.0. The van der Waals surface area contributed by atoms with Gasteiger partial charge in [-0.15, -0.1) is 0 Å². The van der Waals surface area contributed by atoms with E-state index in [1.807, 2.05) is 0 Å². The third-order valence-electron chi connectivity index (χ3n) is 5.26. The van der Waals surface area contributed by atoms with Crippen molar-refractivity contribution in [3.05, 3.63) is 0 Å². The fourth-order valence-corrected chi connectivity index (χ4v) is 4.14. The Bertz CT molecular complexity index is 231. The van der Waals surface area contributed by atoms with Gasteiger partial charge in [-0.3, -0.25) is 4.90 Å². The van der Waals surface area contributed by atoms with Gasteiger partial charge in [-0.05, 0) is 65.0 Å². The van der Waals surface area contributed by atoms with Crippen LogP contribution in [0.15, 0.2) is 0 Å². The van der Waals surface area contributed by atoms with Crippen LogP contribution in [-0.2, 0) is 0 Å². The van der Waals surface area contributed by atoms with Crippen LogP contribution < -0.4 is 5.32 Å². The SMILES string of the molecule is CCNC1CCCC1CCN1C(C)CCCC1C. The molecule has 0 aromatic heterocycles. The molecule has 2 nitrogen and oxygen atoms in total. The highest BCUT2D eigenvalue weighted by Crippen LogP contribution is 2.30. The van der Waals surface area contributed by atoms with Gasteiger partial charge in [0.2, 0.25) is 0 Å². The van der Waals surface area contributed by atoms with Gasteiger partial charge in [0.15, 0.2) is 0 Å². The molecule has 1 aliphatic carbocycles. The maximum Gasteiger partial charge on any atom is 0.00956 e. The predicted molar refractivity (Wildman–Crippen MR) is 78.9 cm³/mol. The van der Waals surface area contributed by atoms with Crippen molar-refractivity contribution in [3.8, 4) is 0 Å². The number of nitrogens with zero attached hydrogens (tertiary/aromatic N) is 1. The van der Waals surface area contributed by atoms with Crippen LogP contribution in [0.5, 0.6) is 0 Å². The van der Waals surface area contributed by atoms with E-state index in [0.717, 1.165) is 30.6 Å². The van der Waals surface area contributed by atoms with Gasteiger partial charge in [-0.2, -0.15) is 0 Å². The number of likely N-dealkylation sites (tertiary alicyclic amines) is 1. The Hall–Kier alpha value is -0.0800. The maximum absolute atomic E-state index is 3.69. The standard InChI is InChI=1S/C16H32N2/c1-4-17-16-10-6-9-15(16)11-12-18-13(2)7-5-8-14(18)3/h13-17H,4-12H2,1-3H3. The van der Waals surface area contributed by atoms with E-state index in [9.17, 15) is 0 Å². The van der Waals surface area contributed by atoms with Gasteiger partial charge in [0, 0.05) is 18.1 Å². The summed E-state index contributed by atoms with van der Waals surface area (Å²) in [6, 6.07) is 2.44. The van der Waals surface area contributed by atoms with Gasteiger partial charge in [0.25, 0.3) is 0 Å². The highest BCUT2D eigenvalue weighted by atomic mass is 15.2. The molecule has 2 rings (SSSR count). The first-order valence-corrected chi connectivity index (χ1v) is 8.21. The van der Waals surface area contributed by atoms with Crippen molar-refractivity contribution >= 4 is 0 Å². The molecule has 18 heavy (non-hydrogen) atoms. The average Bonchev–Trinajstić information content (AvgIpc) is 2.77. The van der Waals surface area contributed by atoms with E-state index in [4.69, 9.17) is 0 Å². The Balaban J connectivity index is 1.79. The number of nitrogens with one attached hydrogen (secondary N) is 1. The Morgan fingerprint density at radius 3 is 2.33 bits per heavy atom. The molecule has 4 unspecified atom stereocenters. The van der Waals surface area contributed by atoms with Crippen LogP contribution >= 0.6 is 0 Å². The Labute approximate surface area is 114 Å². The number of piperidine rings is 1. The quantitative estimate of drug-likeness (QED) is 0.806. The number of hydrogen-bond donors (Lipinski definition) is 1. The maximum atomic E-state index is 3.69. The summed E-state index contributed by atoms with van der Waals surface area (Å²) in [5.74, 6) is 0.936. The van der Waals surface area contributed by atoms with E-state index in [0.29, 0.717) is 0 Å². The summed E-state index contributed by atoms with van der Waals surface area (Å²) in [5.41, 5.74) is 0. The molecule has 0 aromatic carbocycles. The Morgan fingerprint density at radius 1 is 1.00 bits per heavy atom. The van der Waals surface area contributed by atoms with E-state index in [1.54, 1.807) is 0 Å². The molecule has 0 spiro atoms. The van der Waals surface area contributed by atoms with Crippen LogP contribution in [0.4, 0.5) is 0 Å². The summed E-state index contributed by atoms with van der Waals surface area (Å²) in [4.78, 5) is 2.77. The molecule has 2 heteroatoms. The molecule has 0 radical (unpaired) electrons. The largest absolute Gasteiger partial charge is 0.314 e. The van der Waals surface area contributed by atoms with Gasteiger partial charge < -0.3 is 5.32 Å². The Morgan fingerprint density at radius 2 is 1.67 bits per heavy atom. The van der Waals surface area contributed by atoms with Crippen molar-refractivity contribution in [2.75, 3.05) is 13.1 Å². The summed E-state index contributed by atoms with van der Waals surface area (Å²) < 4.78 is 0. The van der Waals surface area contributed by atoms with Crippen LogP contribution in [0.1, 0.15) is 65.7 Å². The third-order valence-corrected chi connectivity index (χ3v) is 5.26. The van der Waals surface area contributed by atoms with E-state index < -0.39 is 0 Å². The van der Waals surface area contributed by atoms with Crippen LogP contribution in [0.2, 0.25) is 0 Å². The zero-order valence-electron chi connectivity index (χ0n) is 12.6. The molecule has 0 bridgehead atoms. The van der Waals surface area contributed by atoms with Gasteiger partial charge in [-0.25, -0.2) is 0 Å². The van der Waals surface area contributed by atoms with Gasteiger partial charge >= 0.3 is 0 Å². The van der Waals surface area contributed by atoms with E-state index in [-0.39, 0.29) is 0 Å². The second kappa shape index (κ2) is 6.91. The first-order chi connectivity index (χ1) is 8.72. The molecular formula is C16H32N2. The first kappa shape index (κ1) is 14.3. The van der Waals surface area contributed by atoms with Gasteiger partial charge in [0.05, 0.1) is 0 Å². The summed E-state index contributed by atoms with van der Waals surface area (Å²) in [6.07, 6.45) is 9.96. The highest BCUT2D eigenvalue weighted by Gasteiger charge is 2.29. The minimum atomic E-state index is 0.811. The average molecular weight is 252 g/mol. The first-order valence-electron chi connectivity index (χ1n) is 8.21. The van der Waals surface area contributed by atoms with Gasteiger partial charge in [-0.1, -0.05) is 19.8 Å². The van der Waals surface area contributed by atoms with Crippen molar-refractivity contribution in [2.24, 2.45) is 5.92 Å². The van der Waals surface area contributed by atoms with E-state index >= 15 is 0 Å². The minimum Gasteiger partial charge on any atom is -0.314 e. The van der Waals surface area contributed by atoms with Crippen LogP contribution in [0.25, 0.3) is 0 Å². The summed E-state index contributed by atoms with van der Waals surface area (Å²) >= 11 is 0. The lowest BCUT2D eigenvalue weighted by Gasteiger charge is -2.39. The summed E-state index contributed by atoms with van der Waals surface area (Å²) in [7, 11) is 0. The summed E-state index contributed by atoms with van der Waals surface area (Å²) in [6.45, 7) is 9.55. The molecule has 2 fully saturated rings. The Kier molecular flexibility index (Phi) is 5.50. The zero-order valence-corrected chi connectivity index (χ0v) is 12.6. The molecule has 1 N–H and O–H groups in total. The predicted octanol–water partition coefficient (Wildman–Crippen LogP) is 3.42. The number of hydrogen-bond acceptors (Lipinski definition) is 2. The van der Waals surface area contributed by atoms with E-state index in [1.165, 1.54) is 51.5 Å². The molecule has 1 saturated heterocycles. The molecule has 1 heterocycles. The second-order valence-electron chi connectivity index (χ2n) is 6.51. The highest BCUT2D eigenvalue weighted by molar-refractivity contribution is 4.86. The normalized spacial score (nSPS) is 38.2. The topological polar surface area (TPSA) is 15.3 Å². The van der Waals surface area contributed by atoms with Crippen LogP contribution in [0.3, 0.4) is 0 Å². The van der Waals surface area contributed by atoms with Crippen molar-refractivity contribution in [3.63, 3.8) is 0 Å². The second-order valence-corrected chi connectivity index (χ2v) is 6.51. The molecule has 2 aliphatic rings. The molecule has 4 atom stereocenters.